The second-order valence-electron chi connectivity index (χ2n) is 11.7. The number of amides is 3. The maximum Gasteiger partial charge on any atom is 0.259 e. The molecule has 0 radical (unpaired) electrons. The number of carbonyl (C=O) groups is 3. The number of hydrogen-bond donors (Lipinski definition) is 1. The summed E-state index contributed by atoms with van der Waals surface area (Å²) in [6.45, 7) is 2.62. The highest BCUT2D eigenvalue weighted by Gasteiger charge is 2.40. The maximum absolute atomic E-state index is 13.4. The molecule has 4 aromatic rings. The summed E-state index contributed by atoms with van der Waals surface area (Å²) in [5.74, 6) is -1.45. The number of sulfonamides is 1. The minimum atomic E-state index is -3.66. The minimum Gasteiger partial charge on any atom is -0.296 e. The lowest BCUT2D eigenvalue weighted by Crippen LogP contribution is -2.53. The Labute approximate surface area is 260 Å². The Morgan fingerprint density at radius 1 is 0.822 bits per heavy atom. The zero-order chi connectivity index (χ0) is 31.3. The molecular weight excluding hydrogens is 595 g/mol. The summed E-state index contributed by atoms with van der Waals surface area (Å²) in [6.07, 6.45) is 1.15. The lowest BCUT2D eigenvalue weighted by atomic mass is 9.95. The lowest BCUT2D eigenvalue weighted by molar-refractivity contribution is -0.134. The van der Waals surface area contributed by atoms with Gasteiger partial charge in [0.25, 0.3) is 5.91 Å². The Hall–Kier alpha value is -4.45. The molecule has 11 heteroatoms. The number of anilines is 1. The fourth-order valence-electron chi connectivity index (χ4n) is 6.58. The molecule has 3 amide bonds. The molecule has 3 heterocycles. The van der Waals surface area contributed by atoms with Crippen LogP contribution in [0.2, 0.25) is 0 Å². The number of carbonyl (C=O) groups excluding carboxylic acids is 3. The molecule has 0 bridgehead atoms. The highest BCUT2D eigenvalue weighted by Crippen LogP contribution is 2.41. The molecule has 1 unspecified atom stereocenters. The van der Waals surface area contributed by atoms with Gasteiger partial charge in [0.05, 0.1) is 10.6 Å². The topological polar surface area (TPSA) is 107 Å². The van der Waals surface area contributed by atoms with Crippen molar-refractivity contribution in [1.82, 2.24) is 14.5 Å². The van der Waals surface area contributed by atoms with Crippen LogP contribution in [0.25, 0.3) is 10.8 Å². The fraction of sp³-hybridized carbons (Fsp3) is 0.265. The van der Waals surface area contributed by atoms with Crippen molar-refractivity contribution in [3.8, 4) is 0 Å². The molecule has 2 fully saturated rings. The van der Waals surface area contributed by atoms with Crippen LogP contribution in [0.4, 0.5) is 10.1 Å². The molecular formula is C34H31FN4O5S. The van der Waals surface area contributed by atoms with E-state index in [0.29, 0.717) is 56.8 Å². The van der Waals surface area contributed by atoms with Crippen LogP contribution < -0.4 is 10.2 Å². The molecule has 1 atom stereocenters. The van der Waals surface area contributed by atoms with Gasteiger partial charge in [-0.25, -0.2) is 12.8 Å². The van der Waals surface area contributed by atoms with Crippen molar-refractivity contribution in [2.75, 3.05) is 31.1 Å². The number of halogens is 1. The third-order valence-electron chi connectivity index (χ3n) is 8.95. The maximum atomic E-state index is 13.4. The van der Waals surface area contributed by atoms with Gasteiger partial charge in [0.2, 0.25) is 21.8 Å². The normalized spacial score (nSPS) is 19.4. The second kappa shape index (κ2) is 11.5. The standard InChI is InChI=1S/C34H31FN4O5S/c35-25-9-11-26(12-10-25)45(43,44)38-18-16-37(17-19-38)21-23-6-4-22(5-7-23)20-24-8-13-29-32-27(24)2-1-3-28(32)34(42)39(29)30-14-15-31(40)36-33(30)41/h1-13,30H,14-21H2,(H,36,40,41). The van der Waals surface area contributed by atoms with Gasteiger partial charge >= 0.3 is 0 Å². The molecule has 45 heavy (non-hydrogen) atoms. The summed E-state index contributed by atoms with van der Waals surface area (Å²) in [5, 5.41) is 4.16. The molecule has 2 saturated heterocycles. The Morgan fingerprint density at radius 2 is 1.53 bits per heavy atom. The van der Waals surface area contributed by atoms with Crippen molar-refractivity contribution in [2.45, 2.75) is 36.7 Å². The van der Waals surface area contributed by atoms with Gasteiger partial charge in [0.15, 0.2) is 0 Å². The van der Waals surface area contributed by atoms with E-state index in [1.807, 2.05) is 24.3 Å². The van der Waals surface area contributed by atoms with Crippen molar-refractivity contribution in [2.24, 2.45) is 0 Å². The summed E-state index contributed by atoms with van der Waals surface area (Å²) in [4.78, 5) is 41.6. The van der Waals surface area contributed by atoms with E-state index >= 15 is 0 Å². The molecule has 3 aliphatic heterocycles. The van der Waals surface area contributed by atoms with Gasteiger partial charge in [-0.3, -0.25) is 29.5 Å². The number of piperidine rings is 1. The summed E-state index contributed by atoms with van der Waals surface area (Å²) in [5.41, 5.74) is 4.57. The van der Waals surface area contributed by atoms with Gasteiger partial charge in [-0.1, -0.05) is 42.5 Å². The molecule has 4 aromatic carbocycles. The van der Waals surface area contributed by atoms with Gasteiger partial charge in [-0.15, -0.1) is 0 Å². The number of nitrogens with one attached hydrogen (secondary N) is 1. The minimum absolute atomic E-state index is 0.103. The number of hydrogen-bond acceptors (Lipinski definition) is 6. The molecule has 0 saturated carbocycles. The van der Waals surface area contributed by atoms with Crippen LogP contribution in [0, 0.1) is 5.82 Å². The van der Waals surface area contributed by atoms with E-state index in [4.69, 9.17) is 0 Å². The smallest absolute Gasteiger partial charge is 0.259 e. The first-order chi connectivity index (χ1) is 21.7. The Kier molecular flexibility index (Phi) is 7.47. The number of nitrogens with zero attached hydrogens (tertiary/aromatic N) is 3. The quantitative estimate of drug-likeness (QED) is 0.313. The van der Waals surface area contributed by atoms with Crippen molar-refractivity contribution in [1.29, 1.82) is 0 Å². The third kappa shape index (κ3) is 5.41. The highest BCUT2D eigenvalue weighted by molar-refractivity contribution is 7.89. The number of piperazine rings is 1. The van der Waals surface area contributed by atoms with Crippen LogP contribution in [-0.4, -0.2) is 67.6 Å². The molecule has 230 valence electrons. The van der Waals surface area contributed by atoms with E-state index in [0.717, 1.165) is 39.6 Å². The monoisotopic (exact) mass is 626 g/mol. The summed E-state index contributed by atoms with van der Waals surface area (Å²) < 4.78 is 40.6. The van der Waals surface area contributed by atoms with E-state index in [-0.39, 0.29) is 23.1 Å². The third-order valence-corrected chi connectivity index (χ3v) is 10.9. The fourth-order valence-corrected chi connectivity index (χ4v) is 8.01. The molecule has 3 aliphatic rings. The molecule has 0 aromatic heterocycles. The van der Waals surface area contributed by atoms with E-state index < -0.39 is 27.8 Å². The predicted octanol–water partition coefficient (Wildman–Crippen LogP) is 3.84. The van der Waals surface area contributed by atoms with Gasteiger partial charge < -0.3 is 0 Å². The highest BCUT2D eigenvalue weighted by atomic mass is 32.2. The summed E-state index contributed by atoms with van der Waals surface area (Å²) in [6, 6.07) is 22.1. The number of rotatable bonds is 7. The molecule has 0 spiro atoms. The predicted molar refractivity (Wildman–Crippen MR) is 167 cm³/mol. The Morgan fingerprint density at radius 3 is 2.24 bits per heavy atom. The van der Waals surface area contributed by atoms with Crippen LogP contribution in [0.3, 0.4) is 0 Å². The first-order valence-corrected chi connectivity index (χ1v) is 16.4. The average molecular weight is 627 g/mol. The SMILES string of the molecule is O=C1CCC(N2C(=O)c3cccc4c(Cc5ccc(CN6CCN(S(=O)(=O)c7ccc(F)cc7)CC6)cc5)ccc2c34)C(=O)N1. The van der Waals surface area contributed by atoms with E-state index in [1.54, 1.807) is 6.07 Å². The van der Waals surface area contributed by atoms with Crippen molar-refractivity contribution >= 4 is 44.2 Å². The first kappa shape index (κ1) is 29.3. The Balaban J connectivity index is 1.02. The van der Waals surface area contributed by atoms with Crippen LogP contribution >= 0.6 is 0 Å². The van der Waals surface area contributed by atoms with Crippen LogP contribution in [0.1, 0.15) is 39.9 Å². The van der Waals surface area contributed by atoms with Gasteiger partial charge in [-0.2, -0.15) is 4.31 Å². The zero-order valence-corrected chi connectivity index (χ0v) is 25.2. The van der Waals surface area contributed by atoms with Gasteiger partial charge in [0.1, 0.15) is 11.9 Å². The first-order valence-electron chi connectivity index (χ1n) is 15.0. The van der Waals surface area contributed by atoms with E-state index in [2.05, 4.69) is 34.5 Å². The summed E-state index contributed by atoms with van der Waals surface area (Å²) in [7, 11) is -3.66. The number of imide groups is 1. The van der Waals surface area contributed by atoms with Crippen molar-refractivity contribution in [3.63, 3.8) is 0 Å². The van der Waals surface area contributed by atoms with Crippen molar-refractivity contribution in [3.05, 3.63) is 107 Å². The largest absolute Gasteiger partial charge is 0.296 e. The zero-order valence-electron chi connectivity index (χ0n) is 24.4. The van der Waals surface area contributed by atoms with Crippen molar-refractivity contribution < 1.29 is 27.2 Å². The van der Waals surface area contributed by atoms with Crippen LogP contribution in [0.15, 0.2) is 83.8 Å². The number of benzene rings is 4. The molecule has 7 rings (SSSR count). The van der Waals surface area contributed by atoms with Crippen LogP contribution in [-0.2, 0) is 32.6 Å². The average Bonchev–Trinajstić information content (AvgIpc) is 3.32. The summed E-state index contributed by atoms with van der Waals surface area (Å²) >= 11 is 0. The van der Waals surface area contributed by atoms with E-state index in [1.165, 1.54) is 21.3 Å². The second-order valence-corrected chi connectivity index (χ2v) is 13.7. The molecule has 1 N–H and O–H groups in total. The van der Waals surface area contributed by atoms with Gasteiger partial charge in [0, 0.05) is 50.1 Å². The van der Waals surface area contributed by atoms with Gasteiger partial charge in [-0.05, 0) is 71.3 Å². The Bertz CT molecular complexity index is 1940. The molecule has 9 nitrogen and oxygen atoms in total. The van der Waals surface area contributed by atoms with E-state index in [9.17, 15) is 27.2 Å². The van der Waals surface area contributed by atoms with Crippen LogP contribution in [0.5, 0.6) is 0 Å². The molecule has 0 aliphatic carbocycles. The lowest BCUT2D eigenvalue weighted by Gasteiger charge is -2.34.